The first-order valence-electron chi connectivity index (χ1n) is 14.2. The number of methoxy groups -OCH3 is 1. The van der Waals surface area contributed by atoms with Crippen molar-refractivity contribution in [3.8, 4) is 5.75 Å². The van der Waals surface area contributed by atoms with Crippen molar-refractivity contribution in [3.05, 3.63) is 82.2 Å². The van der Waals surface area contributed by atoms with Gasteiger partial charge < -0.3 is 25.3 Å². The normalized spacial score (nSPS) is 16.9. The summed E-state index contributed by atoms with van der Waals surface area (Å²) in [7, 11) is 1.67. The van der Waals surface area contributed by atoms with Gasteiger partial charge in [-0.25, -0.2) is 18.7 Å². The van der Waals surface area contributed by atoms with E-state index in [0.29, 0.717) is 37.0 Å². The SMILES string of the molecule is COc1ccc(CNc2ncnc3c2c(Br)cn3C2CCC(CNCCCNCCc3ccc(F)cc3F)C2)cc1. The second-order valence-electron chi connectivity index (χ2n) is 10.6. The van der Waals surface area contributed by atoms with Gasteiger partial charge in [0.05, 0.1) is 12.5 Å². The molecule has 41 heavy (non-hydrogen) atoms. The lowest BCUT2D eigenvalue weighted by molar-refractivity contribution is 0.414. The molecule has 2 atom stereocenters. The number of nitrogens with zero attached hydrogens (tertiary/aromatic N) is 3. The minimum Gasteiger partial charge on any atom is -0.497 e. The number of hydrogen-bond acceptors (Lipinski definition) is 6. The summed E-state index contributed by atoms with van der Waals surface area (Å²) in [5.41, 5.74) is 2.65. The Balaban J connectivity index is 1.05. The minimum atomic E-state index is -0.537. The molecular weight excluding hydrogens is 590 g/mol. The Morgan fingerprint density at radius 2 is 1.85 bits per heavy atom. The van der Waals surface area contributed by atoms with Gasteiger partial charge in [0.1, 0.15) is 35.2 Å². The highest BCUT2D eigenvalue weighted by atomic mass is 79.9. The van der Waals surface area contributed by atoms with Gasteiger partial charge in [0.15, 0.2) is 0 Å². The molecule has 1 fully saturated rings. The molecule has 4 aromatic rings. The van der Waals surface area contributed by atoms with Crippen molar-refractivity contribution < 1.29 is 13.5 Å². The number of rotatable bonds is 14. The molecular formula is C31H37BrF2N6O. The molecule has 7 nitrogen and oxygen atoms in total. The first kappa shape index (κ1) is 29.4. The molecule has 5 rings (SSSR count). The molecule has 0 amide bonds. The summed E-state index contributed by atoms with van der Waals surface area (Å²) in [4.78, 5) is 9.19. The van der Waals surface area contributed by atoms with Crippen LogP contribution in [0.4, 0.5) is 14.6 Å². The standard InChI is InChI=1S/C31H37BrF2N6O/c1-41-26-9-4-21(5-10-26)18-37-30-29-27(32)19-40(31(29)39-20-38-30)25-8-3-22(15-25)17-36-13-2-12-35-14-11-23-6-7-24(33)16-28(23)34/h4-7,9-10,16,19-20,22,25,35-36H,2-3,8,11-15,17-18H2,1H3,(H,37,38,39). The maximum atomic E-state index is 13.7. The molecule has 218 valence electrons. The van der Waals surface area contributed by atoms with Crippen LogP contribution in [0.5, 0.6) is 5.75 Å². The number of benzene rings is 2. The van der Waals surface area contributed by atoms with E-state index in [0.717, 1.165) is 77.6 Å². The summed E-state index contributed by atoms with van der Waals surface area (Å²) in [5.74, 6) is 1.28. The van der Waals surface area contributed by atoms with E-state index in [4.69, 9.17) is 4.74 Å². The van der Waals surface area contributed by atoms with E-state index in [9.17, 15) is 8.78 Å². The van der Waals surface area contributed by atoms with Crippen molar-refractivity contribution in [1.29, 1.82) is 0 Å². The quantitative estimate of drug-likeness (QED) is 0.144. The Kier molecular flexibility index (Phi) is 10.2. The number of nitrogens with one attached hydrogen (secondary N) is 3. The zero-order valence-electron chi connectivity index (χ0n) is 23.3. The summed E-state index contributed by atoms with van der Waals surface area (Å²) in [6.45, 7) is 4.14. The summed E-state index contributed by atoms with van der Waals surface area (Å²) in [5, 5.41) is 11.5. The van der Waals surface area contributed by atoms with Crippen molar-refractivity contribution in [2.24, 2.45) is 5.92 Å². The summed E-state index contributed by atoms with van der Waals surface area (Å²) < 4.78 is 35.3. The number of fused-ring (bicyclic) bond motifs is 1. The summed E-state index contributed by atoms with van der Waals surface area (Å²) >= 11 is 3.76. The molecule has 0 spiro atoms. The van der Waals surface area contributed by atoms with Crippen molar-refractivity contribution >= 4 is 32.8 Å². The van der Waals surface area contributed by atoms with E-state index >= 15 is 0 Å². The van der Waals surface area contributed by atoms with Gasteiger partial charge in [-0.3, -0.25) is 0 Å². The van der Waals surface area contributed by atoms with Crippen LogP contribution < -0.4 is 20.7 Å². The van der Waals surface area contributed by atoms with Crippen LogP contribution in [0.15, 0.2) is 59.5 Å². The maximum absolute atomic E-state index is 13.7. The fraction of sp³-hybridized carbons (Fsp3) is 0.419. The Bertz CT molecular complexity index is 1430. The minimum absolute atomic E-state index is 0.411. The molecule has 10 heteroatoms. The third-order valence-electron chi connectivity index (χ3n) is 7.82. The predicted molar refractivity (Wildman–Crippen MR) is 162 cm³/mol. The zero-order chi connectivity index (χ0) is 28.6. The summed E-state index contributed by atoms with van der Waals surface area (Å²) in [6.07, 6.45) is 8.77. The van der Waals surface area contributed by atoms with Crippen LogP contribution in [0.25, 0.3) is 11.0 Å². The van der Waals surface area contributed by atoms with Crippen LogP contribution in [0, 0.1) is 17.6 Å². The molecule has 0 radical (unpaired) electrons. The van der Waals surface area contributed by atoms with E-state index < -0.39 is 11.6 Å². The van der Waals surface area contributed by atoms with Gasteiger partial charge in [-0.2, -0.15) is 0 Å². The topological polar surface area (TPSA) is 76.0 Å². The van der Waals surface area contributed by atoms with Gasteiger partial charge in [0.25, 0.3) is 0 Å². The third kappa shape index (κ3) is 7.61. The predicted octanol–water partition coefficient (Wildman–Crippen LogP) is 6.25. The molecule has 2 unspecified atom stereocenters. The van der Waals surface area contributed by atoms with E-state index in [1.807, 2.05) is 24.3 Å². The van der Waals surface area contributed by atoms with Crippen LogP contribution in [0.1, 0.15) is 42.9 Å². The molecule has 1 aliphatic rings. The van der Waals surface area contributed by atoms with Gasteiger partial charge in [0.2, 0.25) is 0 Å². The van der Waals surface area contributed by atoms with Crippen molar-refractivity contribution in [3.63, 3.8) is 0 Å². The van der Waals surface area contributed by atoms with E-state index in [1.165, 1.54) is 18.6 Å². The summed E-state index contributed by atoms with van der Waals surface area (Å²) in [6, 6.07) is 12.2. The van der Waals surface area contributed by atoms with Crippen LogP contribution in [-0.2, 0) is 13.0 Å². The average molecular weight is 628 g/mol. The lowest BCUT2D eigenvalue weighted by atomic mass is 10.1. The van der Waals surface area contributed by atoms with Gasteiger partial charge >= 0.3 is 0 Å². The van der Waals surface area contributed by atoms with Gasteiger partial charge in [-0.1, -0.05) is 18.2 Å². The number of anilines is 1. The van der Waals surface area contributed by atoms with E-state index in [2.05, 4.69) is 52.6 Å². The van der Waals surface area contributed by atoms with Crippen molar-refractivity contribution in [2.45, 2.75) is 44.7 Å². The lowest BCUT2D eigenvalue weighted by Crippen LogP contribution is -2.26. The fourth-order valence-electron chi connectivity index (χ4n) is 5.58. The molecule has 0 aliphatic heterocycles. The van der Waals surface area contributed by atoms with Crippen molar-refractivity contribution in [1.82, 2.24) is 25.2 Å². The van der Waals surface area contributed by atoms with Crippen LogP contribution >= 0.6 is 15.9 Å². The van der Waals surface area contributed by atoms with Gasteiger partial charge in [-0.15, -0.1) is 0 Å². The van der Waals surface area contributed by atoms with Crippen LogP contribution in [0.2, 0.25) is 0 Å². The first-order valence-corrected chi connectivity index (χ1v) is 15.0. The molecule has 1 aliphatic carbocycles. The van der Waals surface area contributed by atoms with E-state index in [1.54, 1.807) is 13.4 Å². The number of ether oxygens (including phenoxy) is 1. The van der Waals surface area contributed by atoms with Crippen LogP contribution in [-0.4, -0.2) is 47.8 Å². The Morgan fingerprint density at radius 1 is 1.02 bits per heavy atom. The van der Waals surface area contributed by atoms with Gasteiger partial charge in [0, 0.05) is 29.3 Å². The molecule has 1 saturated carbocycles. The van der Waals surface area contributed by atoms with Crippen LogP contribution in [0.3, 0.4) is 0 Å². The highest BCUT2D eigenvalue weighted by molar-refractivity contribution is 9.10. The third-order valence-corrected chi connectivity index (χ3v) is 8.42. The Labute approximate surface area is 248 Å². The average Bonchev–Trinajstić information content (AvgIpc) is 3.59. The first-order chi connectivity index (χ1) is 20.0. The number of hydrogen-bond donors (Lipinski definition) is 3. The monoisotopic (exact) mass is 626 g/mol. The molecule has 2 aromatic heterocycles. The number of aromatic nitrogens is 3. The van der Waals surface area contributed by atoms with Gasteiger partial charge in [-0.05, 0) is 109 Å². The molecule has 2 heterocycles. The molecule has 0 saturated heterocycles. The van der Waals surface area contributed by atoms with Crippen molar-refractivity contribution in [2.75, 3.05) is 38.6 Å². The van der Waals surface area contributed by atoms with E-state index in [-0.39, 0.29) is 0 Å². The molecule has 3 N–H and O–H groups in total. The Hall–Kier alpha value is -3.08. The molecule has 0 bridgehead atoms. The largest absolute Gasteiger partial charge is 0.497 e. The lowest BCUT2D eigenvalue weighted by Gasteiger charge is -2.15. The highest BCUT2D eigenvalue weighted by Gasteiger charge is 2.28. The second-order valence-corrected chi connectivity index (χ2v) is 11.5. The number of halogens is 3. The zero-order valence-corrected chi connectivity index (χ0v) is 24.9. The smallest absolute Gasteiger partial charge is 0.146 e. The second kappa shape index (κ2) is 14.2. The Morgan fingerprint density at radius 3 is 2.66 bits per heavy atom. The maximum Gasteiger partial charge on any atom is 0.146 e. The highest BCUT2D eigenvalue weighted by Crippen LogP contribution is 2.39. The molecule has 2 aromatic carbocycles. The fourth-order valence-corrected chi connectivity index (χ4v) is 6.17.